The van der Waals surface area contributed by atoms with E-state index in [4.69, 9.17) is 11.6 Å². The number of benzene rings is 1. The lowest BCUT2D eigenvalue weighted by Crippen LogP contribution is -2.36. The van der Waals surface area contributed by atoms with Crippen LogP contribution in [-0.2, 0) is 6.54 Å². The molecule has 0 aliphatic rings. The zero-order chi connectivity index (χ0) is 11.8. The maximum Gasteiger partial charge on any atom is 0.191 e. The molecule has 0 amide bonds. The van der Waals surface area contributed by atoms with Gasteiger partial charge >= 0.3 is 0 Å². The van der Waals surface area contributed by atoms with E-state index in [1.165, 1.54) is 0 Å². The van der Waals surface area contributed by atoms with E-state index in [2.05, 4.69) is 29.5 Å². The number of hydrogen-bond donors (Lipinski definition) is 2. The number of guanidine groups is 1. The Morgan fingerprint density at radius 1 is 1.12 bits per heavy atom. The van der Waals surface area contributed by atoms with Crippen LogP contribution in [0.1, 0.15) is 19.4 Å². The number of nitrogens with one attached hydrogen (secondary N) is 2. The van der Waals surface area contributed by atoms with Crippen LogP contribution in [0.2, 0.25) is 5.02 Å². The van der Waals surface area contributed by atoms with Crippen LogP contribution in [0.3, 0.4) is 0 Å². The highest BCUT2D eigenvalue weighted by atomic mass is 127. The van der Waals surface area contributed by atoms with E-state index in [0.717, 1.165) is 29.6 Å². The van der Waals surface area contributed by atoms with Gasteiger partial charge in [-0.25, -0.2) is 4.99 Å². The third-order valence-corrected chi connectivity index (χ3v) is 2.27. The van der Waals surface area contributed by atoms with Gasteiger partial charge in [0.25, 0.3) is 0 Å². The molecule has 2 N–H and O–H groups in total. The van der Waals surface area contributed by atoms with Gasteiger partial charge in [-0.2, -0.15) is 0 Å². The Hall–Kier alpha value is -0.490. The largest absolute Gasteiger partial charge is 0.357 e. The van der Waals surface area contributed by atoms with E-state index >= 15 is 0 Å². The molecule has 3 nitrogen and oxygen atoms in total. The van der Waals surface area contributed by atoms with Crippen LogP contribution in [0.5, 0.6) is 0 Å². The molecule has 17 heavy (non-hydrogen) atoms. The Labute approximate surface area is 125 Å². The lowest BCUT2D eigenvalue weighted by atomic mass is 10.2. The van der Waals surface area contributed by atoms with Gasteiger partial charge in [0, 0.05) is 18.1 Å². The fourth-order valence-corrected chi connectivity index (χ4v) is 1.40. The summed E-state index contributed by atoms with van der Waals surface area (Å²) in [5.41, 5.74) is 1.15. The molecule has 0 fully saturated rings. The lowest BCUT2D eigenvalue weighted by molar-refractivity contribution is 0.839. The van der Waals surface area contributed by atoms with Crippen LogP contribution in [0.25, 0.3) is 0 Å². The predicted octanol–water partition coefficient (Wildman–Crippen LogP) is 3.03. The van der Waals surface area contributed by atoms with E-state index in [0.29, 0.717) is 6.54 Å². The number of aliphatic imine (C=N–C) groups is 1. The van der Waals surface area contributed by atoms with Crippen molar-refractivity contribution < 1.29 is 0 Å². The Morgan fingerprint density at radius 2 is 1.65 bits per heavy atom. The summed E-state index contributed by atoms with van der Waals surface area (Å²) < 4.78 is 0. The van der Waals surface area contributed by atoms with Gasteiger partial charge in [-0.3, -0.25) is 0 Å². The number of halogens is 2. The third kappa shape index (κ3) is 6.73. The van der Waals surface area contributed by atoms with Gasteiger partial charge in [0.2, 0.25) is 0 Å². The first-order chi connectivity index (χ1) is 7.76. The van der Waals surface area contributed by atoms with Crippen molar-refractivity contribution in [3.8, 4) is 0 Å². The Bertz CT molecular complexity index is 330. The average molecular weight is 368 g/mol. The summed E-state index contributed by atoms with van der Waals surface area (Å²) in [6.07, 6.45) is 0. The van der Waals surface area contributed by atoms with Gasteiger partial charge in [-0.15, -0.1) is 24.0 Å². The van der Waals surface area contributed by atoms with Crippen LogP contribution >= 0.6 is 35.6 Å². The molecular formula is C12H19ClIN3. The van der Waals surface area contributed by atoms with E-state index < -0.39 is 0 Å². The molecule has 1 aromatic rings. The smallest absolute Gasteiger partial charge is 0.191 e. The molecular weight excluding hydrogens is 349 g/mol. The van der Waals surface area contributed by atoms with Gasteiger partial charge in [0.1, 0.15) is 0 Å². The zero-order valence-electron chi connectivity index (χ0n) is 10.2. The summed E-state index contributed by atoms with van der Waals surface area (Å²) in [5.74, 6) is 0.847. The first-order valence-corrected chi connectivity index (χ1v) is 5.90. The highest BCUT2D eigenvalue weighted by molar-refractivity contribution is 14.0. The monoisotopic (exact) mass is 367 g/mol. The lowest BCUT2D eigenvalue weighted by Gasteiger charge is -2.08. The topological polar surface area (TPSA) is 36.4 Å². The second-order valence-electron chi connectivity index (χ2n) is 3.35. The van der Waals surface area contributed by atoms with Crippen LogP contribution < -0.4 is 10.6 Å². The fourth-order valence-electron chi connectivity index (χ4n) is 1.27. The van der Waals surface area contributed by atoms with E-state index in [1.54, 1.807) is 0 Å². The molecule has 0 spiro atoms. The van der Waals surface area contributed by atoms with Crippen LogP contribution in [0.4, 0.5) is 0 Å². The molecule has 5 heteroatoms. The van der Waals surface area contributed by atoms with Crippen LogP contribution in [-0.4, -0.2) is 19.0 Å². The fraction of sp³-hybridized carbons (Fsp3) is 0.417. The summed E-state index contributed by atoms with van der Waals surface area (Å²) in [6.45, 7) is 6.50. The molecule has 0 radical (unpaired) electrons. The Balaban J connectivity index is 0.00000256. The van der Waals surface area contributed by atoms with Crippen molar-refractivity contribution in [2.75, 3.05) is 13.1 Å². The summed E-state index contributed by atoms with van der Waals surface area (Å²) in [5, 5.41) is 7.11. The first kappa shape index (κ1) is 16.5. The molecule has 0 aliphatic heterocycles. The third-order valence-electron chi connectivity index (χ3n) is 2.02. The van der Waals surface area contributed by atoms with E-state index in [9.17, 15) is 0 Å². The van der Waals surface area contributed by atoms with Crippen LogP contribution in [0, 0.1) is 0 Å². The first-order valence-electron chi connectivity index (χ1n) is 5.53. The van der Waals surface area contributed by atoms with Gasteiger partial charge in [-0.1, -0.05) is 23.7 Å². The summed E-state index contributed by atoms with van der Waals surface area (Å²) in [4.78, 5) is 4.45. The standard InChI is InChI=1S/C12H18ClN3.HI/c1-3-14-12(15-4-2)16-9-10-5-7-11(13)8-6-10;/h5-8H,3-4,9H2,1-2H3,(H2,14,15,16);1H. The summed E-state index contributed by atoms with van der Waals surface area (Å²) >= 11 is 5.81. The molecule has 1 rings (SSSR count). The van der Waals surface area contributed by atoms with Crippen molar-refractivity contribution in [1.29, 1.82) is 0 Å². The highest BCUT2D eigenvalue weighted by Gasteiger charge is 1.95. The second-order valence-corrected chi connectivity index (χ2v) is 3.79. The van der Waals surface area contributed by atoms with Crippen molar-refractivity contribution in [1.82, 2.24) is 10.6 Å². The minimum Gasteiger partial charge on any atom is -0.357 e. The maximum absolute atomic E-state index is 5.81. The van der Waals surface area contributed by atoms with E-state index in [1.807, 2.05) is 24.3 Å². The molecule has 0 aromatic heterocycles. The van der Waals surface area contributed by atoms with Crippen LogP contribution in [0.15, 0.2) is 29.3 Å². The van der Waals surface area contributed by atoms with Crippen molar-refractivity contribution >= 4 is 41.5 Å². The van der Waals surface area contributed by atoms with Crippen molar-refractivity contribution in [2.24, 2.45) is 4.99 Å². The van der Waals surface area contributed by atoms with E-state index in [-0.39, 0.29) is 24.0 Å². The molecule has 0 saturated carbocycles. The number of hydrogen-bond acceptors (Lipinski definition) is 1. The van der Waals surface area contributed by atoms with Gasteiger partial charge in [0.05, 0.1) is 6.54 Å². The molecule has 0 heterocycles. The molecule has 0 saturated heterocycles. The normalized spacial score (nSPS) is 9.12. The zero-order valence-corrected chi connectivity index (χ0v) is 13.3. The van der Waals surface area contributed by atoms with Gasteiger partial charge in [-0.05, 0) is 31.5 Å². The quantitative estimate of drug-likeness (QED) is 0.487. The minimum absolute atomic E-state index is 0. The molecule has 96 valence electrons. The Kier molecular flexibility index (Phi) is 9.26. The number of nitrogens with zero attached hydrogens (tertiary/aromatic N) is 1. The number of rotatable bonds is 4. The Morgan fingerprint density at radius 3 is 2.12 bits per heavy atom. The van der Waals surface area contributed by atoms with Crippen molar-refractivity contribution in [3.05, 3.63) is 34.9 Å². The average Bonchev–Trinajstić information content (AvgIpc) is 2.29. The molecule has 0 unspecified atom stereocenters. The molecule has 0 aliphatic carbocycles. The second kappa shape index (κ2) is 9.53. The summed E-state index contributed by atoms with van der Waals surface area (Å²) in [7, 11) is 0. The van der Waals surface area contributed by atoms with Crippen molar-refractivity contribution in [2.45, 2.75) is 20.4 Å². The predicted molar refractivity (Wildman–Crippen MR) is 85.4 cm³/mol. The SMILES string of the molecule is CCNC(=NCc1ccc(Cl)cc1)NCC.I. The maximum atomic E-state index is 5.81. The highest BCUT2D eigenvalue weighted by Crippen LogP contribution is 2.09. The minimum atomic E-state index is 0. The van der Waals surface area contributed by atoms with Crippen molar-refractivity contribution in [3.63, 3.8) is 0 Å². The molecule has 0 atom stereocenters. The van der Waals surface area contributed by atoms with Gasteiger partial charge < -0.3 is 10.6 Å². The summed E-state index contributed by atoms with van der Waals surface area (Å²) in [6, 6.07) is 7.74. The molecule has 0 bridgehead atoms. The molecule has 1 aromatic carbocycles. The van der Waals surface area contributed by atoms with Gasteiger partial charge in [0.15, 0.2) is 5.96 Å².